The van der Waals surface area contributed by atoms with Crippen molar-refractivity contribution >= 4 is 39.1 Å². The molecule has 0 aromatic heterocycles. The lowest BCUT2D eigenvalue weighted by molar-refractivity contribution is -0.124. The third-order valence-electron chi connectivity index (χ3n) is 5.36. The molecule has 0 bridgehead atoms. The van der Waals surface area contributed by atoms with Gasteiger partial charge in [-0.15, -0.1) is 0 Å². The number of nitrogens with zero attached hydrogens (tertiary/aromatic N) is 1. The van der Waals surface area contributed by atoms with Crippen LogP contribution in [0.25, 0.3) is 0 Å². The molecule has 4 rings (SSSR count). The number of rotatable bonds is 6. The maximum absolute atomic E-state index is 13.4. The van der Waals surface area contributed by atoms with Crippen LogP contribution in [-0.4, -0.2) is 50.8 Å². The van der Waals surface area contributed by atoms with Crippen LogP contribution in [0.15, 0.2) is 41.3 Å². The van der Waals surface area contributed by atoms with E-state index in [0.29, 0.717) is 24.3 Å². The van der Waals surface area contributed by atoms with Crippen molar-refractivity contribution in [3.05, 3.63) is 47.0 Å². The first-order chi connectivity index (χ1) is 15.3. The van der Waals surface area contributed by atoms with Gasteiger partial charge in [-0.25, -0.2) is 8.42 Å². The van der Waals surface area contributed by atoms with Crippen molar-refractivity contribution in [3.63, 3.8) is 0 Å². The zero-order chi connectivity index (χ0) is 22.9. The summed E-state index contributed by atoms with van der Waals surface area (Å²) in [4.78, 5) is 24.2. The average molecular weight is 480 g/mol. The van der Waals surface area contributed by atoms with Crippen molar-refractivity contribution < 1.29 is 27.5 Å². The molecule has 0 spiro atoms. The Morgan fingerprint density at radius 2 is 2.16 bits per heavy atom. The third kappa shape index (κ3) is 4.38. The molecule has 1 unspecified atom stereocenters. The van der Waals surface area contributed by atoms with Gasteiger partial charge in [-0.1, -0.05) is 23.7 Å². The van der Waals surface area contributed by atoms with Gasteiger partial charge in [0.2, 0.25) is 15.9 Å². The number of hydrogen-bond donors (Lipinski definition) is 2. The second-order valence-corrected chi connectivity index (χ2v) is 9.72. The molecule has 1 saturated heterocycles. The van der Waals surface area contributed by atoms with E-state index >= 15 is 0 Å². The molecular weight excluding hydrogens is 458 g/mol. The number of anilines is 1. The standard InChI is InChI=1S/C21H22ClN3O6S/c1-30-14-5-2-4-13(8-14)11-23-21(27)17-6-3-7-25(17)32(28,29)19-10-18-16(9-15(19)22)24-20(26)12-31-18/h2,4-5,8-10,17H,3,6-7,11-12H2,1H3,(H,23,27)(H,24,26). The number of halogens is 1. The lowest BCUT2D eigenvalue weighted by Crippen LogP contribution is -2.45. The van der Waals surface area contributed by atoms with Crippen LogP contribution in [0.3, 0.4) is 0 Å². The van der Waals surface area contributed by atoms with Gasteiger partial charge in [0.1, 0.15) is 22.4 Å². The fraction of sp³-hybridized carbons (Fsp3) is 0.333. The molecule has 2 N–H and O–H groups in total. The maximum Gasteiger partial charge on any atom is 0.262 e. The largest absolute Gasteiger partial charge is 0.497 e. The lowest BCUT2D eigenvalue weighted by atomic mass is 10.2. The fourth-order valence-electron chi connectivity index (χ4n) is 3.78. The Labute approximate surface area is 190 Å². The van der Waals surface area contributed by atoms with Gasteiger partial charge in [0, 0.05) is 19.2 Å². The molecule has 0 saturated carbocycles. The molecule has 0 radical (unpaired) electrons. The van der Waals surface area contributed by atoms with Crippen molar-refractivity contribution in [2.24, 2.45) is 0 Å². The highest BCUT2D eigenvalue weighted by Crippen LogP contribution is 2.38. The van der Waals surface area contributed by atoms with Crippen molar-refractivity contribution in [1.82, 2.24) is 9.62 Å². The second kappa shape index (κ2) is 8.97. The predicted octanol–water partition coefficient (Wildman–Crippen LogP) is 2.15. The topological polar surface area (TPSA) is 114 Å². The minimum Gasteiger partial charge on any atom is -0.497 e. The normalized spacial score (nSPS) is 18.4. The molecule has 0 aliphatic carbocycles. The summed E-state index contributed by atoms with van der Waals surface area (Å²) in [5, 5.41) is 5.34. The highest BCUT2D eigenvalue weighted by atomic mass is 35.5. The molecule has 2 aliphatic rings. The number of amides is 2. The fourth-order valence-corrected chi connectivity index (χ4v) is 5.96. The van der Waals surface area contributed by atoms with Crippen molar-refractivity contribution in [3.8, 4) is 11.5 Å². The number of nitrogens with one attached hydrogen (secondary N) is 2. The van der Waals surface area contributed by atoms with Gasteiger partial charge in [-0.2, -0.15) is 4.31 Å². The summed E-state index contributed by atoms with van der Waals surface area (Å²) in [6.45, 7) is 0.227. The first-order valence-electron chi connectivity index (χ1n) is 9.98. The quantitative estimate of drug-likeness (QED) is 0.656. The maximum atomic E-state index is 13.4. The number of hydrogen-bond acceptors (Lipinski definition) is 6. The van der Waals surface area contributed by atoms with E-state index < -0.39 is 16.1 Å². The van der Waals surface area contributed by atoms with Gasteiger partial charge in [0.05, 0.1) is 17.8 Å². The number of ether oxygens (including phenoxy) is 2. The summed E-state index contributed by atoms with van der Waals surface area (Å²) in [6, 6.07) is 9.04. The SMILES string of the molecule is COc1cccc(CNC(=O)C2CCCN2S(=O)(=O)c2cc3c(cc2Cl)NC(=O)CO3)c1. The summed E-state index contributed by atoms with van der Waals surface area (Å²) < 4.78 is 38.4. The first kappa shape index (κ1) is 22.4. The molecular formula is C21H22ClN3O6S. The van der Waals surface area contributed by atoms with Gasteiger partial charge in [0.15, 0.2) is 6.61 Å². The zero-order valence-corrected chi connectivity index (χ0v) is 18.8. The average Bonchev–Trinajstić information content (AvgIpc) is 3.28. The molecule has 11 heteroatoms. The Bertz CT molecular complexity index is 1170. The molecule has 170 valence electrons. The highest BCUT2D eigenvalue weighted by Gasteiger charge is 2.40. The highest BCUT2D eigenvalue weighted by molar-refractivity contribution is 7.89. The molecule has 2 aromatic rings. The van der Waals surface area contributed by atoms with Gasteiger partial charge in [0.25, 0.3) is 5.91 Å². The van der Waals surface area contributed by atoms with E-state index in [9.17, 15) is 18.0 Å². The Balaban J connectivity index is 1.53. The molecule has 1 atom stereocenters. The molecule has 2 aliphatic heterocycles. The van der Waals surface area contributed by atoms with Crippen LogP contribution >= 0.6 is 11.6 Å². The number of fused-ring (bicyclic) bond motifs is 1. The summed E-state index contributed by atoms with van der Waals surface area (Å²) in [7, 11) is -2.52. The van der Waals surface area contributed by atoms with E-state index in [4.69, 9.17) is 21.1 Å². The number of carbonyl (C=O) groups is 2. The minimum atomic E-state index is -4.08. The monoisotopic (exact) mass is 479 g/mol. The van der Waals surface area contributed by atoms with E-state index in [0.717, 1.165) is 5.56 Å². The van der Waals surface area contributed by atoms with Crippen molar-refractivity contribution in [1.29, 1.82) is 0 Å². The number of benzene rings is 2. The van der Waals surface area contributed by atoms with Crippen LogP contribution in [0.1, 0.15) is 18.4 Å². The van der Waals surface area contributed by atoms with Gasteiger partial charge in [-0.05, 0) is 36.6 Å². The Morgan fingerprint density at radius 1 is 1.34 bits per heavy atom. The molecule has 9 nitrogen and oxygen atoms in total. The van der Waals surface area contributed by atoms with E-state index in [1.165, 1.54) is 16.4 Å². The van der Waals surface area contributed by atoms with Crippen molar-refractivity contribution in [2.75, 3.05) is 25.6 Å². The minimum absolute atomic E-state index is 0.0583. The van der Waals surface area contributed by atoms with Crippen LogP contribution in [-0.2, 0) is 26.2 Å². The first-order valence-corrected chi connectivity index (χ1v) is 11.8. The van der Waals surface area contributed by atoms with Crippen LogP contribution in [0.5, 0.6) is 11.5 Å². The summed E-state index contributed by atoms with van der Waals surface area (Å²) in [6.07, 6.45) is 0.948. The van der Waals surface area contributed by atoms with Crippen LogP contribution in [0.4, 0.5) is 5.69 Å². The summed E-state index contributed by atoms with van der Waals surface area (Å²) in [5.74, 6) is 0.149. The smallest absolute Gasteiger partial charge is 0.262 e. The molecule has 2 heterocycles. The molecule has 2 amide bonds. The summed E-state index contributed by atoms with van der Waals surface area (Å²) in [5.41, 5.74) is 1.14. The molecule has 2 aromatic carbocycles. The zero-order valence-electron chi connectivity index (χ0n) is 17.3. The lowest BCUT2D eigenvalue weighted by Gasteiger charge is -2.25. The molecule has 1 fully saturated rings. The van der Waals surface area contributed by atoms with E-state index in [-0.39, 0.29) is 47.2 Å². The van der Waals surface area contributed by atoms with E-state index in [1.54, 1.807) is 19.2 Å². The van der Waals surface area contributed by atoms with Crippen molar-refractivity contribution in [2.45, 2.75) is 30.3 Å². The molecule has 32 heavy (non-hydrogen) atoms. The Hall–Kier alpha value is -2.82. The second-order valence-electron chi connectivity index (χ2n) is 7.46. The summed E-state index contributed by atoms with van der Waals surface area (Å²) >= 11 is 6.24. The third-order valence-corrected chi connectivity index (χ3v) is 7.73. The predicted molar refractivity (Wildman–Crippen MR) is 117 cm³/mol. The number of carbonyl (C=O) groups excluding carboxylic acids is 2. The van der Waals surface area contributed by atoms with Gasteiger partial charge < -0.3 is 20.1 Å². The van der Waals surface area contributed by atoms with Crippen LogP contribution in [0.2, 0.25) is 5.02 Å². The van der Waals surface area contributed by atoms with Crippen LogP contribution in [0, 0.1) is 0 Å². The van der Waals surface area contributed by atoms with E-state index in [2.05, 4.69) is 10.6 Å². The Morgan fingerprint density at radius 3 is 2.94 bits per heavy atom. The number of sulfonamides is 1. The van der Waals surface area contributed by atoms with E-state index in [1.807, 2.05) is 12.1 Å². The Kier molecular flexibility index (Phi) is 6.27. The van der Waals surface area contributed by atoms with Gasteiger partial charge >= 0.3 is 0 Å². The van der Waals surface area contributed by atoms with Gasteiger partial charge in [-0.3, -0.25) is 9.59 Å². The number of methoxy groups -OCH3 is 1. The van der Waals surface area contributed by atoms with Crippen LogP contribution < -0.4 is 20.1 Å².